The van der Waals surface area contributed by atoms with Crippen LogP contribution in [0.15, 0.2) is 52.1 Å². The average Bonchev–Trinajstić information content (AvgIpc) is 3.33. The van der Waals surface area contributed by atoms with E-state index in [9.17, 15) is 0 Å². The Hall–Kier alpha value is -2.43. The summed E-state index contributed by atoms with van der Waals surface area (Å²) in [4.78, 5) is 4.41. The molecule has 138 valence electrons. The van der Waals surface area contributed by atoms with E-state index in [1.165, 1.54) is 18.4 Å². The molecule has 1 atom stereocenters. The summed E-state index contributed by atoms with van der Waals surface area (Å²) >= 11 is 0. The minimum atomic E-state index is -0.0148. The number of para-hydroxylation sites is 1. The summed E-state index contributed by atoms with van der Waals surface area (Å²) in [5.74, 6) is 2.82. The Morgan fingerprint density at radius 1 is 1.19 bits per heavy atom. The van der Waals surface area contributed by atoms with Gasteiger partial charge in [-0.05, 0) is 43.9 Å². The van der Waals surface area contributed by atoms with Crippen LogP contribution in [-0.2, 0) is 6.42 Å². The minimum Gasteiger partial charge on any atom is -0.487 e. The smallest absolute Gasteiger partial charge is 0.191 e. The first-order valence-electron chi connectivity index (χ1n) is 9.55. The van der Waals surface area contributed by atoms with Crippen molar-refractivity contribution in [2.75, 3.05) is 13.6 Å². The highest BCUT2D eigenvalue weighted by Gasteiger charge is 2.43. The molecule has 1 saturated carbocycles. The SMILES string of the molecule is CN=C(NCCc1ccco1)NC1CC2(CCCC2)Oc2ccccc21. The fourth-order valence-corrected chi connectivity index (χ4v) is 4.19. The monoisotopic (exact) mass is 353 g/mol. The topological polar surface area (TPSA) is 58.8 Å². The first kappa shape index (κ1) is 17.0. The van der Waals surface area contributed by atoms with Gasteiger partial charge >= 0.3 is 0 Å². The number of aliphatic imine (C=N–C) groups is 1. The molecule has 2 heterocycles. The molecule has 1 aromatic carbocycles. The summed E-state index contributed by atoms with van der Waals surface area (Å²) in [5, 5.41) is 7.02. The summed E-state index contributed by atoms with van der Waals surface area (Å²) in [6, 6.07) is 12.5. The van der Waals surface area contributed by atoms with Crippen LogP contribution in [0.4, 0.5) is 0 Å². The van der Waals surface area contributed by atoms with Crippen LogP contribution in [0, 0.1) is 0 Å². The molecule has 2 aromatic rings. The molecule has 4 rings (SSSR count). The third-order valence-electron chi connectivity index (χ3n) is 5.49. The Labute approximate surface area is 154 Å². The second-order valence-corrected chi connectivity index (χ2v) is 7.26. The third kappa shape index (κ3) is 3.57. The number of ether oxygens (including phenoxy) is 1. The van der Waals surface area contributed by atoms with Gasteiger partial charge in [-0.1, -0.05) is 18.2 Å². The van der Waals surface area contributed by atoms with Crippen molar-refractivity contribution in [1.82, 2.24) is 10.6 Å². The van der Waals surface area contributed by atoms with Crippen LogP contribution in [0.1, 0.15) is 49.5 Å². The summed E-state index contributed by atoms with van der Waals surface area (Å²) in [6.07, 6.45) is 8.33. The van der Waals surface area contributed by atoms with Crippen molar-refractivity contribution < 1.29 is 9.15 Å². The van der Waals surface area contributed by atoms with Gasteiger partial charge in [-0.25, -0.2) is 0 Å². The molecule has 5 heteroatoms. The first-order valence-corrected chi connectivity index (χ1v) is 9.55. The molecule has 1 aliphatic carbocycles. The maximum Gasteiger partial charge on any atom is 0.191 e. The molecule has 2 aliphatic rings. The Kier molecular flexibility index (Phi) is 4.87. The lowest BCUT2D eigenvalue weighted by molar-refractivity contribution is 0.0396. The van der Waals surface area contributed by atoms with Crippen LogP contribution in [0.5, 0.6) is 5.75 Å². The Balaban J connectivity index is 1.44. The summed E-state index contributed by atoms with van der Waals surface area (Å²) in [7, 11) is 1.82. The van der Waals surface area contributed by atoms with Crippen LogP contribution in [-0.4, -0.2) is 25.2 Å². The van der Waals surface area contributed by atoms with Crippen molar-refractivity contribution in [2.24, 2.45) is 4.99 Å². The normalized spacial score (nSPS) is 21.3. The number of guanidine groups is 1. The summed E-state index contributed by atoms with van der Waals surface area (Å²) in [6.45, 7) is 0.781. The Morgan fingerprint density at radius 2 is 2.04 bits per heavy atom. The van der Waals surface area contributed by atoms with Gasteiger partial charge in [0.1, 0.15) is 17.1 Å². The number of nitrogens with zero attached hydrogens (tertiary/aromatic N) is 1. The van der Waals surface area contributed by atoms with Gasteiger partial charge in [0.15, 0.2) is 5.96 Å². The molecule has 1 fully saturated rings. The van der Waals surface area contributed by atoms with E-state index in [0.29, 0.717) is 0 Å². The number of nitrogens with one attached hydrogen (secondary N) is 2. The zero-order valence-electron chi connectivity index (χ0n) is 15.3. The van der Waals surface area contributed by atoms with E-state index in [1.54, 1.807) is 6.26 Å². The fraction of sp³-hybridized carbons (Fsp3) is 0.476. The molecule has 5 nitrogen and oxygen atoms in total. The summed E-state index contributed by atoms with van der Waals surface area (Å²) in [5.41, 5.74) is 1.21. The highest BCUT2D eigenvalue weighted by molar-refractivity contribution is 5.80. The first-order chi connectivity index (χ1) is 12.8. The van der Waals surface area contributed by atoms with Crippen LogP contribution < -0.4 is 15.4 Å². The van der Waals surface area contributed by atoms with Crippen LogP contribution in [0.25, 0.3) is 0 Å². The van der Waals surface area contributed by atoms with Crippen molar-refractivity contribution in [3.8, 4) is 5.75 Å². The van der Waals surface area contributed by atoms with Crippen LogP contribution in [0.2, 0.25) is 0 Å². The Bertz CT molecular complexity index is 748. The molecular formula is C21H27N3O2. The van der Waals surface area contributed by atoms with Crippen molar-refractivity contribution in [3.63, 3.8) is 0 Å². The van der Waals surface area contributed by atoms with Gasteiger partial charge < -0.3 is 19.8 Å². The largest absolute Gasteiger partial charge is 0.487 e. The molecule has 0 radical (unpaired) electrons. The van der Waals surface area contributed by atoms with Gasteiger partial charge in [0.25, 0.3) is 0 Å². The predicted octanol–water partition coefficient (Wildman–Crippen LogP) is 3.82. The second kappa shape index (κ2) is 7.44. The van der Waals surface area contributed by atoms with E-state index < -0.39 is 0 Å². The van der Waals surface area contributed by atoms with Crippen LogP contribution >= 0.6 is 0 Å². The molecule has 1 unspecified atom stereocenters. The molecule has 2 N–H and O–H groups in total. The highest BCUT2D eigenvalue weighted by atomic mass is 16.5. The maximum atomic E-state index is 6.44. The lowest BCUT2D eigenvalue weighted by Gasteiger charge is -2.40. The number of fused-ring (bicyclic) bond motifs is 1. The van der Waals surface area contributed by atoms with E-state index in [0.717, 1.165) is 49.7 Å². The molecule has 0 bridgehead atoms. The summed E-state index contributed by atoms with van der Waals surface area (Å²) < 4.78 is 11.8. The minimum absolute atomic E-state index is 0.0148. The van der Waals surface area contributed by atoms with Crippen LogP contribution in [0.3, 0.4) is 0 Å². The fourth-order valence-electron chi connectivity index (χ4n) is 4.19. The molecule has 0 amide bonds. The van der Waals surface area contributed by atoms with Gasteiger partial charge in [0.2, 0.25) is 0 Å². The van der Waals surface area contributed by atoms with E-state index in [2.05, 4.69) is 39.9 Å². The van der Waals surface area contributed by atoms with Crippen molar-refractivity contribution in [3.05, 3.63) is 54.0 Å². The lowest BCUT2D eigenvalue weighted by Crippen LogP contribution is -2.47. The van der Waals surface area contributed by atoms with Gasteiger partial charge in [-0.2, -0.15) is 0 Å². The van der Waals surface area contributed by atoms with Gasteiger partial charge in [-0.15, -0.1) is 0 Å². The molecular weight excluding hydrogens is 326 g/mol. The van der Waals surface area contributed by atoms with Crippen molar-refractivity contribution in [2.45, 2.75) is 50.2 Å². The lowest BCUT2D eigenvalue weighted by atomic mass is 9.86. The highest BCUT2D eigenvalue weighted by Crippen LogP contribution is 2.46. The number of benzene rings is 1. The molecule has 1 aliphatic heterocycles. The molecule has 26 heavy (non-hydrogen) atoms. The number of rotatable bonds is 4. The van der Waals surface area contributed by atoms with Gasteiger partial charge in [-0.3, -0.25) is 4.99 Å². The van der Waals surface area contributed by atoms with Gasteiger partial charge in [0.05, 0.1) is 12.3 Å². The third-order valence-corrected chi connectivity index (χ3v) is 5.49. The number of hydrogen-bond acceptors (Lipinski definition) is 3. The van der Waals surface area contributed by atoms with Crippen molar-refractivity contribution in [1.29, 1.82) is 0 Å². The Morgan fingerprint density at radius 3 is 2.81 bits per heavy atom. The van der Waals surface area contributed by atoms with Gasteiger partial charge in [0, 0.05) is 32.0 Å². The zero-order valence-corrected chi connectivity index (χ0v) is 15.3. The molecule has 1 aromatic heterocycles. The zero-order chi connectivity index (χ0) is 17.8. The quantitative estimate of drug-likeness (QED) is 0.648. The van der Waals surface area contributed by atoms with E-state index >= 15 is 0 Å². The molecule has 0 saturated heterocycles. The predicted molar refractivity (Wildman–Crippen MR) is 103 cm³/mol. The number of hydrogen-bond donors (Lipinski definition) is 2. The maximum absolute atomic E-state index is 6.44. The van der Waals surface area contributed by atoms with E-state index in [4.69, 9.17) is 9.15 Å². The average molecular weight is 353 g/mol. The van der Waals surface area contributed by atoms with E-state index in [1.807, 2.05) is 19.2 Å². The second-order valence-electron chi connectivity index (χ2n) is 7.26. The standard InChI is InChI=1S/C21H27N3O2/c1-22-20(23-13-10-16-7-6-14-25-16)24-18-15-21(11-4-5-12-21)26-19-9-3-2-8-17(18)19/h2-3,6-9,14,18H,4-5,10-13,15H2,1H3,(H2,22,23,24). The van der Waals surface area contributed by atoms with E-state index in [-0.39, 0.29) is 11.6 Å². The molecule has 1 spiro atoms. The number of furan rings is 1. The van der Waals surface area contributed by atoms with Crippen molar-refractivity contribution >= 4 is 5.96 Å².